The van der Waals surface area contributed by atoms with Crippen LogP contribution in [0.25, 0.3) is 10.9 Å². The molecule has 3 heterocycles. The van der Waals surface area contributed by atoms with Crippen molar-refractivity contribution in [1.82, 2.24) is 14.8 Å². The summed E-state index contributed by atoms with van der Waals surface area (Å²) in [6.45, 7) is 5.33. The van der Waals surface area contributed by atoms with Gasteiger partial charge >= 0.3 is 0 Å². The minimum absolute atomic E-state index is 0.125. The Morgan fingerprint density at radius 3 is 3.00 bits per heavy atom. The van der Waals surface area contributed by atoms with Gasteiger partial charge in [-0.15, -0.1) is 0 Å². The maximum atomic E-state index is 12.6. The summed E-state index contributed by atoms with van der Waals surface area (Å²) in [7, 11) is 0. The number of rotatable bonds is 3. The Bertz CT molecular complexity index is 795. The molecule has 1 unspecified atom stereocenters. The Balaban J connectivity index is 1.78. The van der Waals surface area contributed by atoms with E-state index in [1.807, 2.05) is 23.2 Å². The molecule has 1 amide bonds. The maximum absolute atomic E-state index is 12.6. The summed E-state index contributed by atoms with van der Waals surface area (Å²) in [5, 5.41) is 4.29. The largest absolute Gasteiger partial charge is 0.370 e. The average Bonchev–Trinajstić information content (AvgIpc) is 2.89. The van der Waals surface area contributed by atoms with Crippen LogP contribution < -0.4 is 5.32 Å². The quantitative estimate of drug-likeness (QED) is 0.853. The number of fused-ring (bicyclic) bond motifs is 1. The van der Waals surface area contributed by atoms with Gasteiger partial charge in [-0.05, 0) is 19.1 Å². The van der Waals surface area contributed by atoms with Crippen LogP contribution in [0.3, 0.4) is 0 Å². The van der Waals surface area contributed by atoms with Gasteiger partial charge in [0.2, 0.25) is 0 Å². The molecule has 0 aliphatic carbocycles. The Hall–Kier alpha value is -1.82. The van der Waals surface area contributed by atoms with Crippen molar-refractivity contribution in [2.75, 3.05) is 19.6 Å². The van der Waals surface area contributed by atoms with E-state index in [0.717, 1.165) is 46.4 Å². The second-order valence-electron chi connectivity index (χ2n) is 5.89. The van der Waals surface area contributed by atoms with Crippen LogP contribution in [0.5, 0.6) is 0 Å². The summed E-state index contributed by atoms with van der Waals surface area (Å²) in [4.78, 5) is 19.0. The van der Waals surface area contributed by atoms with Crippen molar-refractivity contribution in [2.24, 2.45) is 4.99 Å². The van der Waals surface area contributed by atoms with E-state index < -0.39 is 0 Å². The minimum atomic E-state index is 0.125. The van der Waals surface area contributed by atoms with Gasteiger partial charge in [0.1, 0.15) is 5.84 Å². The maximum Gasteiger partial charge on any atom is 0.256 e. The summed E-state index contributed by atoms with van der Waals surface area (Å²) in [6, 6.07) is 6.43. The van der Waals surface area contributed by atoms with Crippen LogP contribution in [-0.4, -0.2) is 46.9 Å². The first kappa shape index (κ1) is 13.8. The summed E-state index contributed by atoms with van der Waals surface area (Å²) < 4.78 is 3.12. The lowest BCUT2D eigenvalue weighted by Crippen LogP contribution is -2.23. The predicted octanol–water partition coefficient (Wildman–Crippen LogP) is 2.25. The first-order valence-corrected chi connectivity index (χ1v) is 8.29. The molecule has 5 nitrogen and oxygen atoms in total. The lowest BCUT2D eigenvalue weighted by atomic mass is 10.1. The Morgan fingerprint density at radius 2 is 2.32 bits per heavy atom. The minimum Gasteiger partial charge on any atom is -0.370 e. The number of amides is 1. The molecule has 114 valence electrons. The van der Waals surface area contributed by atoms with E-state index >= 15 is 0 Å². The highest BCUT2D eigenvalue weighted by molar-refractivity contribution is 9.10. The van der Waals surface area contributed by atoms with Crippen molar-refractivity contribution in [3.63, 3.8) is 0 Å². The smallest absolute Gasteiger partial charge is 0.256 e. The lowest BCUT2D eigenvalue weighted by Gasteiger charge is -2.06. The second-order valence-corrected chi connectivity index (χ2v) is 6.81. The molecule has 2 aromatic rings. The monoisotopic (exact) mass is 360 g/mol. The standard InChI is InChI=1S/C16H17BrN4O/c1-10-7-21(10)16(22)13-8-20(9-15-18-4-5-19-15)14-6-11(17)2-3-12(13)14/h2-3,6,8,10H,4-5,7,9H2,1H3,(H,18,19). The number of aliphatic imine (C=N–C) groups is 1. The van der Waals surface area contributed by atoms with Crippen molar-refractivity contribution in [3.8, 4) is 0 Å². The highest BCUT2D eigenvalue weighted by atomic mass is 79.9. The number of nitrogens with zero attached hydrogens (tertiary/aromatic N) is 3. The molecule has 1 N–H and O–H groups in total. The summed E-state index contributed by atoms with van der Waals surface area (Å²) in [5.41, 5.74) is 1.84. The van der Waals surface area contributed by atoms with Gasteiger partial charge in [0, 0.05) is 35.2 Å². The van der Waals surface area contributed by atoms with Gasteiger partial charge in [-0.1, -0.05) is 22.0 Å². The van der Waals surface area contributed by atoms with Crippen LogP contribution in [0.2, 0.25) is 0 Å². The summed E-state index contributed by atoms with van der Waals surface area (Å²) in [6.07, 6.45) is 1.97. The molecule has 2 aliphatic rings. The topological polar surface area (TPSA) is 49.4 Å². The number of carbonyl (C=O) groups excluding carboxylic acids is 1. The van der Waals surface area contributed by atoms with E-state index in [1.165, 1.54) is 0 Å². The molecule has 6 heteroatoms. The molecule has 0 radical (unpaired) electrons. The van der Waals surface area contributed by atoms with E-state index in [4.69, 9.17) is 0 Å². The van der Waals surface area contributed by atoms with Gasteiger partial charge in [0.25, 0.3) is 5.91 Å². The SMILES string of the molecule is CC1CN1C(=O)c1cn(CC2=NCCN2)c2cc(Br)ccc12. The van der Waals surface area contributed by atoms with Gasteiger partial charge in [-0.25, -0.2) is 0 Å². The van der Waals surface area contributed by atoms with Crippen LogP contribution in [0.4, 0.5) is 0 Å². The van der Waals surface area contributed by atoms with Gasteiger partial charge in [0.05, 0.1) is 24.2 Å². The van der Waals surface area contributed by atoms with Gasteiger partial charge in [-0.3, -0.25) is 9.79 Å². The molecule has 0 bridgehead atoms. The van der Waals surface area contributed by atoms with E-state index in [-0.39, 0.29) is 5.91 Å². The summed E-state index contributed by atoms with van der Waals surface area (Å²) >= 11 is 3.52. The fourth-order valence-electron chi connectivity index (χ4n) is 2.96. The van der Waals surface area contributed by atoms with Crippen molar-refractivity contribution in [2.45, 2.75) is 19.5 Å². The first-order chi connectivity index (χ1) is 10.6. The Kier molecular flexibility index (Phi) is 3.22. The molecule has 1 atom stereocenters. The van der Waals surface area contributed by atoms with Gasteiger partial charge < -0.3 is 14.8 Å². The van der Waals surface area contributed by atoms with Crippen LogP contribution in [-0.2, 0) is 6.54 Å². The number of amidine groups is 1. The first-order valence-electron chi connectivity index (χ1n) is 7.50. The van der Waals surface area contributed by atoms with Crippen LogP contribution in [0.15, 0.2) is 33.9 Å². The highest BCUT2D eigenvalue weighted by Gasteiger charge is 2.36. The molecule has 1 fully saturated rings. The zero-order valence-corrected chi connectivity index (χ0v) is 13.9. The highest BCUT2D eigenvalue weighted by Crippen LogP contribution is 2.29. The van der Waals surface area contributed by atoms with Crippen molar-refractivity contribution in [3.05, 3.63) is 34.4 Å². The number of nitrogens with one attached hydrogen (secondary N) is 1. The van der Waals surface area contributed by atoms with Crippen molar-refractivity contribution >= 4 is 38.6 Å². The van der Waals surface area contributed by atoms with Gasteiger partial charge in [0.15, 0.2) is 0 Å². The van der Waals surface area contributed by atoms with E-state index in [9.17, 15) is 4.79 Å². The van der Waals surface area contributed by atoms with Crippen molar-refractivity contribution in [1.29, 1.82) is 0 Å². The molecule has 1 saturated heterocycles. The number of carbonyl (C=O) groups is 1. The third kappa shape index (κ3) is 2.31. The number of halogens is 1. The normalized spacial score (nSPS) is 20.2. The number of aromatic nitrogens is 1. The zero-order valence-electron chi connectivity index (χ0n) is 12.3. The number of hydrogen-bond acceptors (Lipinski definition) is 3. The molecule has 0 spiro atoms. The molecule has 1 aromatic heterocycles. The van der Waals surface area contributed by atoms with Crippen LogP contribution in [0, 0.1) is 0 Å². The van der Waals surface area contributed by atoms with E-state index in [1.54, 1.807) is 0 Å². The Morgan fingerprint density at radius 1 is 1.50 bits per heavy atom. The van der Waals surface area contributed by atoms with Crippen LogP contribution in [0.1, 0.15) is 17.3 Å². The molecule has 2 aliphatic heterocycles. The number of benzene rings is 1. The van der Waals surface area contributed by atoms with Crippen LogP contribution >= 0.6 is 15.9 Å². The lowest BCUT2D eigenvalue weighted by molar-refractivity contribution is 0.0878. The Labute approximate surface area is 137 Å². The van der Waals surface area contributed by atoms with E-state index in [2.05, 4.69) is 43.8 Å². The molecular weight excluding hydrogens is 344 g/mol. The molecule has 22 heavy (non-hydrogen) atoms. The molecule has 4 rings (SSSR count). The number of hydrogen-bond donors (Lipinski definition) is 1. The fourth-order valence-corrected chi connectivity index (χ4v) is 3.30. The summed E-state index contributed by atoms with van der Waals surface area (Å²) in [5.74, 6) is 1.11. The van der Waals surface area contributed by atoms with E-state index in [0.29, 0.717) is 12.6 Å². The van der Waals surface area contributed by atoms with Gasteiger partial charge in [-0.2, -0.15) is 0 Å². The molecular formula is C16H17BrN4O. The molecule has 0 saturated carbocycles. The second kappa shape index (κ2) is 5.12. The average molecular weight is 361 g/mol. The molecule has 1 aromatic carbocycles. The van der Waals surface area contributed by atoms with Crippen molar-refractivity contribution < 1.29 is 4.79 Å². The predicted molar refractivity (Wildman–Crippen MR) is 90.4 cm³/mol. The third-order valence-corrected chi connectivity index (χ3v) is 4.75. The fraction of sp³-hybridized carbons (Fsp3) is 0.375. The zero-order chi connectivity index (χ0) is 15.3. The third-order valence-electron chi connectivity index (χ3n) is 4.26.